The number of ether oxygens (including phenoxy) is 3. The summed E-state index contributed by atoms with van der Waals surface area (Å²) in [5.41, 5.74) is 0. The summed E-state index contributed by atoms with van der Waals surface area (Å²) >= 11 is 0. The molecule has 0 aromatic heterocycles. The minimum Gasteiger partial charge on any atom is -0.462 e. The van der Waals surface area contributed by atoms with Crippen LogP contribution in [0.2, 0.25) is 0 Å². The fraction of sp³-hybridized carbons (Fsp3) is 0.884. The van der Waals surface area contributed by atoms with Gasteiger partial charge in [-0.1, -0.05) is 174 Å². The second-order valence-electron chi connectivity index (χ2n) is 15.1. The van der Waals surface area contributed by atoms with Crippen molar-refractivity contribution in [2.24, 2.45) is 0 Å². The lowest BCUT2D eigenvalue weighted by molar-refractivity contribution is -0.160. The van der Waals surface area contributed by atoms with E-state index in [0.717, 1.165) is 38.5 Å². The van der Waals surface area contributed by atoms with Crippen LogP contribution in [0, 0.1) is 12.3 Å². The Hall–Kier alpha value is -1.96. The number of esters is 2. The molecule has 11 nitrogen and oxygen atoms in total. The predicted octanol–water partition coefficient (Wildman–Crippen LogP) is 10.4. The average Bonchev–Trinajstić information content (AvgIpc) is 3.14. The zero-order valence-electron chi connectivity index (χ0n) is 34.9. The van der Waals surface area contributed by atoms with Gasteiger partial charge in [-0.3, -0.25) is 18.9 Å². The van der Waals surface area contributed by atoms with E-state index in [1.165, 1.54) is 116 Å². The average molecular weight is 802 g/mol. The topological polar surface area (TPSA) is 158 Å². The van der Waals surface area contributed by atoms with Crippen molar-refractivity contribution in [2.75, 3.05) is 26.4 Å². The van der Waals surface area contributed by atoms with Crippen molar-refractivity contribution in [3.63, 3.8) is 0 Å². The Bertz CT molecular complexity index is 1010. The second-order valence-corrected chi connectivity index (χ2v) is 16.3. The molecule has 1 amide bonds. The fourth-order valence-electron chi connectivity index (χ4n) is 6.50. The number of hydrogen-bond donors (Lipinski definition) is 3. The zero-order chi connectivity index (χ0) is 40.7. The third-order valence-electron chi connectivity index (χ3n) is 9.71. The number of unbranched alkanes of at least 4 members (excludes halogenated alkanes) is 24. The van der Waals surface area contributed by atoms with Crippen LogP contribution < -0.4 is 5.32 Å². The highest BCUT2D eigenvalue weighted by molar-refractivity contribution is 7.46. The number of terminal acetylenes is 1. The van der Waals surface area contributed by atoms with Crippen molar-refractivity contribution < 1.29 is 47.5 Å². The van der Waals surface area contributed by atoms with Crippen LogP contribution in [0.3, 0.4) is 0 Å². The summed E-state index contributed by atoms with van der Waals surface area (Å²) in [4.78, 5) is 56.7. The van der Waals surface area contributed by atoms with Gasteiger partial charge in [0.1, 0.15) is 19.3 Å². The van der Waals surface area contributed by atoms with E-state index in [9.17, 15) is 28.7 Å². The maximum atomic E-state index is 12.9. The minimum absolute atomic E-state index is 0.0416. The number of phosphoric ester groups is 1. The van der Waals surface area contributed by atoms with Gasteiger partial charge in [0.05, 0.1) is 25.7 Å². The summed E-state index contributed by atoms with van der Waals surface area (Å²) in [5, 5.41) is 2.66. The largest absolute Gasteiger partial charge is 0.469 e. The van der Waals surface area contributed by atoms with E-state index in [0.29, 0.717) is 12.8 Å². The molecule has 3 N–H and O–H groups in total. The first-order valence-electron chi connectivity index (χ1n) is 22.0. The zero-order valence-corrected chi connectivity index (χ0v) is 35.8. The van der Waals surface area contributed by atoms with Gasteiger partial charge < -0.3 is 29.3 Å². The van der Waals surface area contributed by atoms with Gasteiger partial charge in [-0.25, -0.2) is 4.57 Å². The lowest BCUT2D eigenvalue weighted by atomic mass is 10.0. The number of rotatable bonds is 41. The van der Waals surface area contributed by atoms with Gasteiger partial charge in [-0.15, -0.1) is 6.42 Å². The van der Waals surface area contributed by atoms with Gasteiger partial charge in [0.15, 0.2) is 0 Å². The summed E-state index contributed by atoms with van der Waals surface area (Å²) in [5.74, 6) is 0.988. The molecule has 2 atom stereocenters. The van der Waals surface area contributed by atoms with Crippen LogP contribution in [0.5, 0.6) is 0 Å². The molecule has 0 spiro atoms. The van der Waals surface area contributed by atoms with E-state index in [1.54, 1.807) is 0 Å². The number of carbonyl (C=O) groups excluding carboxylic acids is 3. The molecule has 322 valence electrons. The number of carbonyl (C=O) groups is 3. The molecule has 0 aliphatic rings. The monoisotopic (exact) mass is 802 g/mol. The molecule has 0 fully saturated rings. The van der Waals surface area contributed by atoms with Crippen molar-refractivity contribution in [3.05, 3.63) is 0 Å². The van der Waals surface area contributed by atoms with E-state index in [2.05, 4.69) is 25.1 Å². The first-order valence-corrected chi connectivity index (χ1v) is 23.5. The lowest BCUT2D eigenvalue weighted by Crippen LogP contribution is -2.42. The molecular formula is C43H80NO10P. The van der Waals surface area contributed by atoms with E-state index < -0.39 is 44.4 Å². The van der Waals surface area contributed by atoms with Crippen LogP contribution in [0.25, 0.3) is 0 Å². The smallest absolute Gasteiger partial charge is 0.462 e. The molecule has 0 aliphatic heterocycles. The molecule has 0 saturated heterocycles. The molecule has 0 rings (SSSR count). The van der Waals surface area contributed by atoms with Crippen LogP contribution in [0.1, 0.15) is 206 Å². The van der Waals surface area contributed by atoms with Crippen molar-refractivity contribution in [2.45, 2.75) is 219 Å². The molecule has 0 aromatic rings. The molecular weight excluding hydrogens is 721 g/mol. The Morgan fingerprint density at radius 3 is 1.45 bits per heavy atom. The van der Waals surface area contributed by atoms with Gasteiger partial charge in [0.2, 0.25) is 5.91 Å². The summed E-state index contributed by atoms with van der Waals surface area (Å²) in [6.45, 7) is 3.79. The number of hydrogen-bond acceptors (Lipinski definition) is 8. The Balaban J connectivity index is 4.83. The van der Waals surface area contributed by atoms with Crippen molar-refractivity contribution in [1.29, 1.82) is 0 Å². The molecule has 55 heavy (non-hydrogen) atoms. The Morgan fingerprint density at radius 1 is 0.618 bits per heavy atom. The highest BCUT2D eigenvalue weighted by atomic mass is 31.2. The van der Waals surface area contributed by atoms with Gasteiger partial charge in [-0.2, -0.15) is 0 Å². The van der Waals surface area contributed by atoms with Gasteiger partial charge in [-0.05, 0) is 12.8 Å². The maximum Gasteiger partial charge on any atom is 0.469 e. The van der Waals surface area contributed by atoms with Gasteiger partial charge in [0, 0.05) is 19.3 Å². The minimum atomic E-state index is -4.86. The number of amides is 1. The second kappa shape index (κ2) is 38.9. The molecule has 0 radical (unpaired) electrons. The van der Waals surface area contributed by atoms with E-state index >= 15 is 0 Å². The highest BCUT2D eigenvalue weighted by Gasteiger charge is 2.26. The summed E-state index contributed by atoms with van der Waals surface area (Å²) in [6.07, 6.45) is 35.5. The van der Waals surface area contributed by atoms with Crippen LogP contribution >= 0.6 is 7.82 Å². The van der Waals surface area contributed by atoms with Gasteiger partial charge >= 0.3 is 19.8 Å². The highest BCUT2D eigenvalue weighted by Crippen LogP contribution is 2.36. The lowest BCUT2D eigenvalue weighted by Gasteiger charge is -2.25. The molecule has 0 bridgehead atoms. The summed E-state index contributed by atoms with van der Waals surface area (Å²) in [7, 11) is -4.86. The maximum absolute atomic E-state index is 12.9. The third-order valence-corrected chi connectivity index (χ3v) is 10.2. The van der Waals surface area contributed by atoms with Crippen molar-refractivity contribution in [3.8, 4) is 12.3 Å². The van der Waals surface area contributed by atoms with Crippen LogP contribution in [-0.2, 0) is 37.7 Å². The van der Waals surface area contributed by atoms with E-state index in [-0.39, 0.29) is 45.5 Å². The molecule has 0 aromatic carbocycles. The molecule has 12 heteroatoms. The predicted molar refractivity (Wildman–Crippen MR) is 220 cm³/mol. The first kappa shape index (κ1) is 53.0. The van der Waals surface area contributed by atoms with Crippen molar-refractivity contribution >= 4 is 25.7 Å². The molecule has 0 heterocycles. The SMILES string of the molecule is C#CCOCCC(=O)NC(COP(=O)(O)O)CC(COC(=O)CCCCCCCCCCCCCCC)OC(=O)CCCCCCCCCCCCCCC. The van der Waals surface area contributed by atoms with Crippen LogP contribution in [-0.4, -0.2) is 66.2 Å². The van der Waals surface area contributed by atoms with Crippen molar-refractivity contribution in [1.82, 2.24) is 5.32 Å². The standard InChI is InChI=1S/C43H80NO10P/c1-4-7-9-11-13-15-17-19-21-23-25-27-29-31-42(46)52-38-40(36-39(37-53-55(48,49)50)44-41(45)33-35-51-34-6-3)54-43(47)32-30-28-26-24-22-20-18-16-14-12-10-8-5-2/h3,39-40H,4-5,7-38H2,1-2H3,(H,44,45)(H2,48,49,50). The summed E-state index contributed by atoms with van der Waals surface area (Å²) < 4.78 is 32.6. The number of phosphoric acid groups is 1. The molecule has 0 saturated carbocycles. The van der Waals surface area contributed by atoms with Gasteiger partial charge in [0.25, 0.3) is 0 Å². The molecule has 2 unspecified atom stereocenters. The first-order chi connectivity index (χ1) is 26.6. The Kier molecular flexibility index (Phi) is 37.5. The molecule has 0 aliphatic carbocycles. The Labute approximate surface area is 335 Å². The van der Waals surface area contributed by atoms with Crippen LogP contribution in [0.4, 0.5) is 0 Å². The fourth-order valence-corrected chi connectivity index (χ4v) is 6.87. The number of nitrogens with one attached hydrogen (secondary N) is 1. The Morgan fingerprint density at radius 2 is 1.04 bits per heavy atom. The van der Waals surface area contributed by atoms with E-state index in [4.69, 9.17) is 25.2 Å². The third kappa shape index (κ3) is 40.1. The summed E-state index contributed by atoms with van der Waals surface area (Å²) in [6, 6.07) is -0.943. The van der Waals surface area contributed by atoms with E-state index in [1.807, 2.05) is 0 Å². The van der Waals surface area contributed by atoms with Crippen LogP contribution in [0.15, 0.2) is 0 Å². The normalized spacial score (nSPS) is 12.6. The quantitative estimate of drug-likeness (QED) is 0.0235.